The van der Waals surface area contributed by atoms with E-state index in [0.29, 0.717) is 18.6 Å². The Kier molecular flexibility index (Phi) is 4.14. The number of hydrogen-bond donors (Lipinski definition) is 1. The summed E-state index contributed by atoms with van der Waals surface area (Å²) >= 11 is 0. The highest BCUT2D eigenvalue weighted by Crippen LogP contribution is 2.26. The summed E-state index contributed by atoms with van der Waals surface area (Å²) < 4.78 is 0. The first kappa shape index (κ1) is 13.1. The summed E-state index contributed by atoms with van der Waals surface area (Å²) in [6, 6.07) is 11.2. The molecule has 2 atom stereocenters. The van der Waals surface area contributed by atoms with Crippen LogP contribution >= 0.6 is 0 Å². The molecule has 0 saturated carbocycles. The van der Waals surface area contributed by atoms with Gasteiger partial charge in [-0.1, -0.05) is 42.4 Å². The van der Waals surface area contributed by atoms with Gasteiger partial charge in [0.1, 0.15) is 11.8 Å². The SMILES string of the molecule is CC[C@H](C#N)NC(=O)C1=NO[C@H](c2ccccc2)C1. The summed E-state index contributed by atoms with van der Waals surface area (Å²) in [5.41, 5.74) is 1.32. The van der Waals surface area contributed by atoms with Gasteiger partial charge in [0.2, 0.25) is 0 Å². The molecule has 1 N–H and O–H groups in total. The van der Waals surface area contributed by atoms with Gasteiger partial charge in [0.05, 0.1) is 6.07 Å². The number of nitrogens with zero attached hydrogens (tertiary/aromatic N) is 2. The van der Waals surface area contributed by atoms with E-state index in [1.807, 2.05) is 43.3 Å². The first-order valence-corrected chi connectivity index (χ1v) is 6.22. The molecule has 2 rings (SSSR count). The van der Waals surface area contributed by atoms with Crippen LogP contribution in [-0.2, 0) is 9.63 Å². The number of oxime groups is 1. The lowest BCUT2D eigenvalue weighted by Crippen LogP contribution is -2.37. The molecule has 1 aliphatic heterocycles. The quantitative estimate of drug-likeness (QED) is 0.895. The van der Waals surface area contributed by atoms with Gasteiger partial charge in [-0.3, -0.25) is 4.79 Å². The predicted octanol–water partition coefficient (Wildman–Crippen LogP) is 1.92. The molecule has 5 nitrogen and oxygen atoms in total. The van der Waals surface area contributed by atoms with Crippen molar-refractivity contribution in [3.63, 3.8) is 0 Å². The standard InChI is InChI=1S/C14H15N3O2/c1-2-11(9-15)16-14(18)12-8-13(19-17-12)10-6-4-3-5-7-10/h3-7,11,13H,2,8H2,1H3,(H,16,18)/t11-,13+/m1/s1. The number of nitriles is 1. The highest BCUT2D eigenvalue weighted by molar-refractivity contribution is 6.39. The van der Waals surface area contributed by atoms with E-state index >= 15 is 0 Å². The Labute approximate surface area is 111 Å². The maximum Gasteiger partial charge on any atom is 0.270 e. The van der Waals surface area contributed by atoms with Crippen LogP contribution in [0.2, 0.25) is 0 Å². The Hall–Kier alpha value is -2.35. The second-order valence-electron chi connectivity index (χ2n) is 4.31. The number of amides is 1. The average Bonchev–Trinajstić information content (AvgIpc) is 2.95. The fourth-order valence-corrected chi connectivity index (χ4v) is 1.83. The topological polar surface area (TPSA) is 74.5 Å². The summed E-state index contributed by atoms with van der Waals surface area (Å²) in [6.45, 7) is 1.84. The van der Waals surface area contributed by atoms with Crippen LogP contribution in [-0.4, -0.2) is 17.7 Å². The van der Waals surface area contributed by atoms with E-state index in [-0.39, 0.29) is 12.0 Å². The van der Waals surface area contributed by atoms with E-state index in [9.17, 15) is 4.79 Å². The van der Waals surface area contributed by atoms with Crippen LogP contribution in [0.5, 0.6) is 0 Å². The Morgan fingerprint density at radius 3 is 2.95 bits per heavy atom. The van der Waals surface area contributed by atoms with Gasteiger partial charge < -0.3 is 10.2 Å². The molecule has 1 aromatic rings. The molecule has 1 aliphatic rings. The van der Waals surface area contributed by atoms with Gasteiger partial charge in [-0.05, 0) is 12.0 Å². The Morgan fingerprint density at radius 2 is 2.32 bits per heavy atom. The molecule has 1 amide bonds. The molecule has 0 saturated heterocycles. The third kappa shape index (κ3) is 3.10. The molecule has 5 heteroatoms. The van der Waals surface area contributed by atoms with Crippen LogP contribution in [0, 0.1) is 11.3 Å². The van der Waals surface area contributed by atoms with Crippen molar-refractivity contribution in [3.8, 4) is 6.07 Å². The molecule has 0 fully saturated rings. The number of rotatable bonds is 4. The van der Waals surface area contributed by atoms with E-state index in [1.54, 1.807) is 0 Å². The van der Waals surface area contributed by atoms with Gasteiger partial charge in [0, 0.05) is 6.42 Å². The van der Waals surface area contributed by atoms with Crippen molar-refractivity contribution < 1.29 is 9.63 Å². The molecule has 0 unspecified atom stereocenters. The minimum absolute atomic E-state index is 0.218. The normalized spacial score (nSPS) is 18.9. The van der Waals surface area contributed by atoms with Crippen molar-refractivity contribution in [3.05, 3.63) is 35.9 Å². The largest absolute Gasteiger partial charge is 0.387 e. The fourth-order valence-electron chi connectivity index (χ4n) is 1.83. The summed E-state index contributed by atoms with van der Waals surface area (Å²) in [4.78, 5) is 17.1. The zero-order valence-corrected chi connectivity index (χ0v) is 10.7. The molecule has 1 aromatic carbocycles. The van der Waals surface area contributed by atoms with E-state index in [0.717, 1.165) is 5.56 Å². The number of nitrogens with one attached hydrogen (secondary N) is 1. The molecule has 1 heterocycles. The highest BCUT2D eigenvalue weighted by Gasteiger charge is 2.28. The Balaban J connectivity index is 1.95. The van der Waals surface area contributed by atoms with E-state index in [1.165, 1.54) is 0 Å². The minimum atomic E-state index is -0.481. The van der Waals surface area contributed by atoms with Gasteiger partial charge in [0.15, 0.2) is 6.10 Å². The molecule has 0 aromatic heterocycles. The van der Waals surface area contributed by atoms with Crippen molar-refractivity contribution in [1.29, 1.82) is 5.26 Å². The lowest BCUT2D eigenvalue weighted by Gasteiger charge is -2.09. The van der Waals surface area contributed by atoms with Gasteiger partial charge in [-0.25, -0.2) is 0 Å². The van der Waals surface area contributed by atoms with Crippen molar-refractivity contribution in [2.45, 2.75) is 31.9 Å². The summed E-state index contributed by atoms with van der Waals surface area (Å²) in [6.07, 6.45) is 0.778. The van der Waals surface area contributed by atoms with Crippen LogP contribution in [0.25, 0.3) is 0 Å². The van der Waals surface area contributed by atoms with Crippen LogP contribution in [0.1, 0.15) is 31.4 Å². The molecule has 0 aliphatic carbocycles. The van der Waals surface area contributed by atoms with E-state index in [2.05, 4.69) is 10.5 Å². The zero-order chi connectivity index (χ0) is 13.7. The number of carbonyl (C=O) groups is 1. The molecule has 98 valence electrons. The lowest BCUT2D eigenvalue weighted by molar-refractivity contribution is -0.115. The molecule has 0 radical (unpaired) electrons. The van der Waals surface area contributed by atoms with Crippen molar-refractivity contribution in [2.24, 2.45) is 5.16 Å². The second-order valence-corrected chi connectivity index (χ2v) is 4.31. The Bertz CT molecular complexity index is 519. The number of hydrogen-bond acceptors (Lipinski definition) is 4. The molecule has 0 bridgehead atoms. The van der Waals surface area contributed by atoms with Gasteiger partial charge in [-0.2, -0.15) is 5.26 Å². The zero-order valence-electron chi connectivity index (χ0n) is 10.7. The first-order valence-electron chi connectivity index (χ1n) is 6.22. The van der Waals surface area contributed by atoms with E-state index < -0.39 is 6.04 Å². The molecule has 19 heavy (non-hydrogen) atoms. The lowest BCUT2D eigenvalue weighted by atomic mass is 10.0. The molecular weight excluding hydrogens is 242 g/mol. The highest BCUT2D eigenvalue weighted by atomic mass is 16.6. The van der Waals surface area contributed by atoms with Crippen molar-refractivity contribution >= 4 is 11.6 Å². The summed E-state index contributed by atoms with van der Waals surface area (Å²) in [7, 11) is 0. The molecule has 0 spiro atoms. The monoisotopic (exact) mass is 257 g/mol. The average molecular weight is 257 g/mol. The van der Waals surface area contributed by atoms with Crippen LogP contribution in [0.3, 0.4) is 0 Å². The van der Waals surface area contributed by atoms with Gasteiger partial charge >= 0.3 is 0 Å². The Morgan fingerprint density at radius 1 is 1.58 bits per heavy atom. The molecular formula is C14H15N3O2. The predicted molar refractivity (Wildman–Crippen MR) is 70.2 cm³/mol. The third-order valence-corrected chi connectivity index (χ3v) is 2.97. The van der Waals surface area contributed by atoms with Crippen LogP contribution in [0.15, 0.2) is 35.5 Å². The first-order chi connectivity index (χ1) is 9.24. The van der Waals surface area contributed by atoms with Crippen molar-refractivity contribution in [1.82, 2.24) is 5.32 Å². The van der Waals surface area contributed by atoms with Gasteiger partial charge in [0.25, 0.3) is 5.91 Å². The minimum Gasteiger partial charge on any atom is -0.387 e. The maximum absolute atomic E-state index is 11.9. The third-order valence-electron chi connectivity index (χ3n) is 2.97. The number of benzene rings is 1. The summed E-state index contributed by atoms with van der Waals surface area (Å²) in [5, 5.41) is 15.2. The van der Waals surface area contributed by atoms with E-state index in [4.69, 9.17) is 10.1 Å². The van der Waals surface area contributed by atoms with Crippen LogP contribution in [0.4, 0.5) is 0 Å². The maximum atomic E-state index is 11.9. The fraction of sp³-hybridized carbons (Fsp3) is 0.357. The number of carbonyl (C=O) groups excluding carboxylic acids is 1. The van der Waals surface area contributed by atoms with Gasteiger partial charge in [-0.15, -0.1) is 0 Å². The second kappa shape index (κ2) is 6.01. The smallest absolute Gasteiger partial charge is 0.270 e. The van der Waals surface area contributed by atoms with Crippen molar-refractivity contribution in [2.75, 3.05) is 0 Å². The van der Waals surface area contributed by atoms with Crippen LogP contribution < -0.4 is 5.32 Å². The summed E-state index contributed by atoms with van der Waals surface area (Å²) in [5.74, 6) is -0.327.